The molecular weight excluding hydrogens is 244 g/mol. The van der Waals surface area contributed by atoms with Crippen LogP contribution < -0.4 is 5.73 Å². The molecule has 1 aliphatic rings. The first-order valence-corrected chi connectivity index (χ1v) is 6.46. The fraction of sp³-hybridized carbons (Fsp3) is 0.500. The maximum absolute atomic E-state index is 12.3. The van der Waals surface area contributed by atoms with Crippen LogP contribution in [0.2, 0.25) is 0 Å². The third-order valence-electron chi connectivity index (χ3n) is 3.96. The van der Waals surface area contributed by atoms with E-state index >= 15 is 0 Å². The molecule has 0 bridgehead atoms. The second kappa shape index (κ2) is 5.09. The lowest BCUT2D eigenvalue weighted by molar-refractivity contribution is 0.0615. The summed E-state index contributed by atoms with van der Waals surface area (Å²) in [6, 6.07) is 4.03. The first kappa shape index (κ1) is 13.7. The minimum absolute atomic E-state index is 0.0524. The molecule has 1 heterocycles. The maximum Gasteiger partial charge on any atom is 0.257 e. The summed E-state index contributed by atoms with van der Waals surface area (Å²) in [4.78, 5) is 14.0. The highest BCUT2D eigenvalue weighted by atomic mass is 16.3. The third kappa shape index (κ3) is 2.81. The van der Waals surface area contributed by atoms with Gasteiger partial charge in [-0.15, -0.1) is 0 Å². The molecule has 5 heteroatoms. The Morgan fingerprint density at radius 1 is 1.37 bits per heavy atom. The molecule has 0 unspecified atom stereocenters. The van der Waals surface area contributed by atoms with E-state index in [1.165, 1.54) is 18.2 Å². The van der Waals surface area contributed by atoms with Gasteiger partial charge in [0, 0.05) is 19.2 Å². The Bertz CT molecular complexity index is 480. The lowest BCUT2D eigenvalue weighted by atomic mass is 9.80. The van der Waals surface area contributed by atoms with Crippen molar-refractivity contribution in [2.24, 2.45) is 11.1 Å². The second-order valence-corrected chi connectivity index (χ2v) is 5.51. The van der Waals surface area contributed by atoms with Crippen LogP contribution in [0, 0.1) is 5.41 Å². The molecule has 19 heavy (non-hydrogen) atoms. The number of likely N-dealkylation sites (tertiary alicyclic amines) is 1. The molecule has 0 aromatic heterocycles. The summed E-state index contributed by atoms with van der Waals surface area (Å²) in [5, 5.41) is 18.9. The van der Waals surface area contributed by atoms with E-state index in [1.807, 2.05) is 0 Å². The number of hydrogen-bond donors (Lipinski definition) is 3. The molecule has 1 saturated heterocycles. The van der Waals surface area contributed by atoms with Crippen molar-refractivity contribution in [1.29, 1.82) is 0 Å². The Morgan fingerprint density at radius 2 is 2.00 bits per heavy atom. The van der Waals surface area contributed by atoms with Crippen molar-refractivity contribution in [3.63, 3.8) is 0 Å². The quantitative estimate of drug-likeness (QED) is 0.751. The first-order chi connectivity index (χ1) is 8.95. The number of benzene rings is 1. The van der Waals surface area contributed by atoms with Crippen LogP contribution in [0.15, 0.2) is 18.2 Å². The van der Waals surface area contributed by atoms with Crippen LogP contribution in [-0.4, -0.2) is 40.7 Å². The Hall–Kier alpha value is -1.75. The summed E-state index contributed by atoms with van der Waals surface area (Å²) < 4.78 is 0. The predicted octanol–water partition coefficient (Wildman–Crippen LogP) is 1.30. The lowest BCUT2D eigenvalue weighted by Gasteiger charge is -2.38. The molecule has 2 rings (SSSR count). The first-order valence-electron chi connectivity index (χ1n) is 6.46. The smallest absolute Gasteiger partial charge is 0.257 e. The van der Waals surface area contributed by atoms with Crippen molar-refractivity contribution in [2.75, 3.05) is 19.6 Å². The Balaban J connectivity index is 2.09. The fourth-order valence-electron chi connectivity index (χ4n) is 2.32. The van der Waals surface area contributed by atoms with Gasteiger partial charge in [-0.25, -0.2) is 0 Å². The highest BCUT2D eigenvalue weighted by molar-refractivity contribution is 5.97. The third-order valence-corrected chi connectivity index (χ3v) is 3.96. The number of hydrogen-bond acceptors (Lipinski definition) is 4. The van der Waals surface area contributed by atoms with Gasteiger partial charge in [0.2, 0.25) is 0 Å². The van der Waals surface area contributed by atoms with Crippen LogP contribution in [0.4, 0.5) is 0 Å². The predicted molar refractivity (Wildman–Crippen MR) is 72.1 cm³/mol. The van der Waals surface area contributed by atoms with Gasteiger partial charge in [-0.1, -0.05) is 6.92 Å². The van der Waals surface area contributed by atoms with Gasteiger partial charge in [0.15, 0.2) is 0 Å². The zero-order valence-electron chi connectivity index (χ0n) is 11.1. The van der Waals surface area contributed by atoms with E-state index in [2.05, 4.69) is 6.92 Å². The molecule has 4 N–H and O–H groups in total. The summed E-state index contributed by atoms with van der Waals surface area (Å²) in [5.41, 5.74) is 6.08. The molecular formula is C14H20N2O3. The fourth-order valence-corrected chi connectivity index (χ4v) is 2.32. The van der Waals surface area contributed by atoms with Gasteiger partial charge < -0.3 is 20.8 Å². The zero-order chi connectivity index (χ0) is 14.0. The Labute approximate surface area is 112 Å². The average Bonchev–Trinajstić information content (AvgIpc) is 2.39. The maximum atomic E-state index is 12.3. The summed E-state index contributed by atoms with van der Waals surface area (Å²) in [7, 11) is 0. The SMILES string of the molecule is CC1(CN)CCN(C(=O)c2ccc(O)cc2O)CC1. The number of phenols is 2. The van der Waals surface area contributed by atoms with Gasteiger partial charge in [-0.2, -0.15) is 0 Å². The number of nitrogens with two attached hydrogens (primary N) is 1. The summed E-state index contributed by atoms with van der Waals surface area (Å²) in [5.74, 6) is -0.433. The molecule has 0 radical (unpaired) electrons. The van der Waals surface area contributed by atoms with Crippen molar-refractivity contribution in [1.82, 2.24) is 4.90 Å². The average molecular weight is 264 g/mol. The minimum atomic E-state index is -0.198. The molecule has 1 aromatic rings. The van der Waals surface area contributed by atoms with Gasteiger partial charge in [-0.3, -0.25) is 4.79 Å². The number of carbonyl (C=O) groups excluding carboxylic acids is 1. The van der Waals surface area contributed by atoms with E-state index in [-0.39, 0.29) is 28.4 Å². The summed E-state index contributed by atoms with van der Waals surface area (Å²) >= 11 is 0. The largest absolute Gasteiger partial charge is 0.508 e. The van der Waals surface area contributed by atoms with E-state index in [4.69, 9.17) is 5.73 Å². The lowest BCUT2D eigenvalue weighted by Crippen LogP contribution is -2.44. The van der Waals surface area contributed by atoms with Crippen molar-refractivity contribution in [2.45, 2.75) is 19.8 Å². The van der Waals surface area contributed by atoms with Crippen molar-refractivity contribution >= 4 is 5.91 Å². The molecule has 1 amide bonds. The van der Waals surface area contributed by atoms with Gasteiger partial charge in [0.05, 0.1) is 5.56 Å². The topological polar surface area (TPSA) is 86.8 Å². The molecule has 5 nitrogen and oxygen atoms in total. The molecule has 1 aromatic carbocycles. The van der Waals surface area contributed by atoms with Crippen LogP contribution in [0.3, 0.4) is 0 Å². The zero-order valence-corrected chi connectivity index (χ0v) is 11.1. The number of rotatable bonds is 2. The molecule has 1 fully saturated rings. The summed E-state index contributed by atoms with van der Waals surface area (Å²) in [6.45, 7) is 4.05. The van der Waals surface area contributed by atoms with E-state index < -0.39 is 0 Å². The second-order valence-electron chi connectivity index (χ2n) is 5.51. The Morgan fingerprint density at radius 3 is 2.53 bits per heavy atom. The molecule has 0 spiro atoms. The number of nitrogens with zero attached hydrogens (tertiary/aromatic N) is 1. The van der Waals surface area contributed by atoms with Crippen molar-refractivity contribution in [3.8, 4) is 11.5 Å². The van der Waals surface area contributed by atoms with Crippen LogP contribution in [0.25, 0.3) is 0 Å². The normalized spacial score (nSPS) is 18.3. The van der Waals surface area contributed by atoms with E-state index in [0.717, 1.165) is 12.8 Å². The van der Waals surface area contributed by atoms with Crippen LogP contribution in [0.1, 0.15) is 30.1 Å². The van der Waals surface area contributed by atoms with Gasteiger partial charge >= 0.3 is 0 Å². The van der Waals surface area contributed by atoms with Crippen molar-refractivity contribution < 1.29 is 15.0 Å². The van der Waals surface area contributed by atoms with Crippen LogP contribution in [-0.2, 0) is 0 Å². The van der Waals surface area contributed by atoms with E-state index in [9.17, 15) is 15.0 Å². The van der Waals surface area contributed by atoms with Crippen LogP contribution >= 0.6 is 0 Å². The van der Waals surface area contributed by atoms with Gasteiger partial charge in [0.1, 0.15) is 11.5 Å². The van der Waals surface area contributed by atoms with E-state index in [1.54, 1.807) is 4.90 Å². The minimum Gasteiger partial charge on any atom is -0.508 e. The van der Waals surface area contributed by atoms with E-state index in [0.29, 0.717) is 19.6 Å². The molecule has 0 aliphatic carbocycles. The number of amides is 1. The molecule has 104 valence electrons. The number of piperidine rings is 1. The standard InChI is InChI=1S/C14H20N2O3/c1-14(9-15)4-6-16(7-5-14)13(19)11-3-2-10(17)8-12(11)18/h2-3,8,17-18H,4-7,9,15H2,1H3. The monoisotopic (exact) mass is 264 g/mol. The highest BCUT2D eigenvalue weighted by Gasteiger charge is 2.31. The number of aromatic hydroxyl groups is 2. The van der Waals surface area contributed by atoms with Crippen molar-refractivity contribution in [3.05, 3.63) is 23.8 Å². The number of carbonyl (C=O) groups is 1. The summed E-state index contributed by atoms with van der Waals surface area (Å²) in [6.07, 6.45) is 1.74. The molecule has 0 atom stereocenters. The number of phenolic OH excluding ortho intramolecular Hbond substituents is 2. The van der Waals surface area contributed by atoms with Gasteiger partial charge in [0.25, 0.3) is 5.91 Å². The molecule has 0 saturated carbocycles. The Kier molecular flexibility index (Phi) is 3.66. The van der Waals surface area contributed by atoms with Gasteiger partial charge in [-0.05, 0) is 36.9 Å². The molecule has 1 aliphatic heterocycles. The highest BCUT2D eigenvalue weighted by Crippen LogP contribution is 2.31. The van der Waals surface area contributed by atoms with Crippen LogP contribution in [0.5, 0.6) is 11.5 Å².